The summed E-state index contributed by atoms with van der Waals surface area (Å²) in [5, 5.41) is 10.1. The molecule has 0 fully saturated rings. The molecule has 0 bridgehead atoms. The molecule has 0 aliphatic rings. The highest BCUT2D eigenvalue weighted by Gasteiger charge is 2.17. The monoisotopic (exact) mass is 293 g/mol. The van der Waals surface area contributed by atoms with Gasteiger partial charge in [0.2, 0.25) is 0 Å². The van der Waals surface area contributed by atoms with Crippen molar-refractivity contribution in [3.63, 3.8) is 0 Å². The normalized spacial score (nSPS) is 10.5. The van der Waals surface area contributed by atoms with E-state index in [1.54, 1.807) is 19.2 Å². The minimum Gasteiger partial charge on any atom is -0.496 e. The zero-order chi connectivity index (χ0) is 15.7. The minimum absolute atomic E-state index is 0.577. The van der Waals surface area contributed by atoms with Gasteiger partial charge in [-0.2, -0.15) is 5.26 Å². The van der Waals surface area contributed by atoms with Gasteiger partial charge in [0.1, 0.15) is 23.5 Å². The number of benzene rings is 1. The molecule has 6 nitrogen and oxygen atoms in total. The van der Waals surface area contributed by atoms with Gasteiger partial charge in [0.15, 0.2) is 0 Å². The number of ether oxygens (including phenoxy) is 1. The van der Waals surface area contributed by atoms with Gasteiger partial charge < -0.3 is 14.6 Å². The molecule has 1 N–H and O–H groups in total. The van der Waals surface area contributed by atoms with Crippen LogP contribution in [0.25, 0.3) is 22.2 Å². The zero-order valence-electron chi connectivity index (χ0n) is 12.6. The van der Waals surface area contributed by atoms with E-state index in [-0.39, 0.29) is 0 Å². The molecule has 2 aromatic heterocycles. The first-order valence-corrected chi connectivity index (χ1v) is 6.73. The third-order valence-corrected chi connectivity index (χ3v) is 3.49. The Kier molecular flexibility index (Phi) is 3.39. The molecule has 1 aromatic carbocycles. The molecule has 0 atom stereocenters. The molecule has 22 heavy (non-hydrogen) atoms. The van der Waals surface area contributed by atoms with Gasteiger partial charge in [-0.25, -0.2) is 9.97 Å². The molecule has 0 amide bonds. The number of rotatable bonds is 3. The van der Waals surface area contributed by atoms with Gasteiger partial charge in [-0.15, -0.1) is 0 Å². The van der Waals surface area contributed by atoms with Gasteiger partial charge in [-0.3, -0.25) is 0 Å². The van der Waals surface area contributed by atoms with E-state index in [4.69, 9.17) is 10.00 Å². The Bertz CT molecular complexity index is 876. The van der Waals surface area contributed by atoms with Crippen LogP contribution in [0, 0.1) is 11.3 Å². The van der Waals surface area contributed by atoms with Gasteiger partial charge in [0, 0.05) is 31.4 Å². The van der Waals surface area contributed by atoms with Crippen LogP contribution in [-0.2, 0) is 0 Å². The van der Waals surface area contributed by atoms with Crippen molar-refractivity contribution >= 4 is 16.9 Å². The van der Waals surface area contributed by atoms with Crippen molar-refractivity contribution in [3.8, 4) is 22.9 Å². The number of aromatic nitrogens is 3. The molecule has 0 aliphatic carbocycles. The predicted molar refractivity (Wildman–Crippen MR) is 84.9 cm³/mol. The van der Waals surface area contributed by atoms with Gasteiger partial charge in [0.05, 0.1) is 24.1 Å². The van der Waals surface area contributed by atoms with E-state index >= 15 is 0 Å². The Labute approximate surface area is 128 Å². The van der Waals surface area contributed by atoms with Crippen molar-refractivity contribution in [1.82, 2.24) is 15.0 Å². The number of nitriles is 1. The molecule has 0 spiro atoms. The molecule has 0 aliphatic heterocycles. The quantitative estimate of drug-likeness (QED) is 0.803. The molecule has 0 saturated carbocycles. The Hall–Kier alpha value is -3.07. The Morgan fingerprint density at radius 2 is 2.05 bits per heavy atom. The maximum atomic E-state index is 9.15. The lowest BCUT2D eigenvalue weighted by atomic mass is 10.0. The summed E-state index contributed by atoms with van der Waals surface area (Å²) in [5.41, 5.74) is 3.07. The third kappa shape index (κ3) is 2.13. The summed E-state index contributed by atoms with van der Waals surface area (Å²) in [6, 6.07) is 7.51. The SMILES string of the molecule is COc1ccc(C#N)cc1-c1c[nH]c2ncnc(N(C)C)c12. The lowest BCUT2D eigenvalue weighted by molar-refractivity contribution is 0.416. The average molecular weight is 293 g/mol. The summed E-state index contributed by atoms with van der Waals surface area (Å²) < 4.78 is 5.44. The summed E-state index contributed by atoms with van der Waals surface area (Å²) in [6.45, 7) is 0. The maximum Gasteiger partial charge on any atom is 0.143 e. The van der Waals surface area contributed by atoms with Crippen LogP contribution in [0.5, 0.6) is 5.75 Å². The second-order valence-corrected chi connectivity index (χ2v) is 5.04. The lowest BCUT2D eigenvalue weighted by Gasteiger charge is -2.14. The van der Waals surface area contributed by atoms with Crippen LogP contribution in [-0.4, -0.2) is 36.2 Å². The number of anilines is 1. The number of hydrogen-bond acceptors (Lipinski definition) is 5. The Morgan fingerprint density at radius 3 is 2.73 bits per heavy atom. The van der Waals surface area contributed by atoms with E-state index in [9.17, 15) is 0 Å². The van der Waals surface area contributed by atoms with Crippen molar-refractivity contribution in [2.75, 3.05) is 26.1 Å². The summed E-state index contributed by atoms with van der Waals surface area (Å²) in [4.78, 5) is 13.7. The molecule has 3 rings (SSSR count). The van der Waals surface area contributed by atoms with Crippen LogP contribution in [0.3, 0.4) is 0 Å². The molecular formula is C16H15N5O. The second kappa shape index (κ2) is 5.37. The standard InChI is InChI=1S/C16H15N5O/c1-21(2)16-14-12(8-18-15(14)19-9-20-16)11-6-10(7-17)4-5-13(11)22-3/h4-6,8-9H,1-3H3,(H,18,19,20). The minimum atomic E-state index is 0.577. The number of methoxy groups -OCH3 is 1. The molecule has 2 heterocycles. The highest BCUT2D eigenvalue weighted by atomic mass is 16.5. The van der Waals surface area contributed by atoms with E-state index in [0.29, 0.717) is 11.3 Å². The van der Waals surface area contributed by atoms with Crippen LogP contribution in [0.2, 0.25) is 0 Å². The van der Waals surface area contributed by atoms with Crippen LogP contribution in [0.15, 0.2) is 30.7 Å². The van der Waals surface area contributed by atoms with E-state index in [1.165, 1.54) is 6.33 Å². The second-order valence-electron chi connectivity index (χ2n) is 5.04. The molecule has 3 aromatic rings. The lowest BCUT2D eigenvalue weighted by Crippen LogP contribution is -2.11. The molecule has 0 saturated heterocycles. The highest BCUT2D eigenvalue weighted by molar-refractivity contribution is 6.02. The van der Waals surface area contributed by atoms with Crippen molar-refractivity contribution in [3.05, 3.63) is 36.3 Å². The number of H-pyrrole nitrogens is 1. The number of nitrogens with one attached hydrogen (secondary N) is 1. The van der Waals surface area contributed by atoms with Gasteiger partial charge >= 0.3 is 0 Å². The topological polar surface area (TPSA) is 77.8 Å². The van der Waals surface area contributed by atoms with Crippen molar-refractivity contribution in [1.29, 1.82) is 5.26 Å². The van der Waals surface area contributed by atoms with Crippen molar-refractivity contribution in [2.45, 2.75) is 0 Å². The fourth-order valence-electron chi connectivity index (χ4n) is 2.49. The largest absolute Gasteiger partial charge is 0.496 e. The Morgan fingerprint density at radius 1 is 1.23 bits per heavy atom. The molecule has 0 unspecified atom stereocenters. The number of nitrogens with zero attached hydrogens (tertiary/aromatic N) is 4. The van der Waals surface area contributed by atoms with Crippen LogP contribution < -0.4 is 9.64 Å². The van der Waals surface area contributed by atoms with E-state index in [2.05, 4.69) is 21.0 Å². The summed E-state index contributed by atoms with van der Waals surface area (Å²) in [5.74, 6) is 1.51. The first kappa shape index (κ1) is 13.9. The van der Waals surface area contributed by atoms with Crippen LogP contribution in [0.1, 0.15) is 5.56 Å². The van der Waals surface area contributed by atoms with E-state index in [1.807, 2.05) is 31.3 Å². The zero-order valence-corrected chi connectivity index (χ0v) is 12.6. The maximum absolute atomic E-state index is 9.15. The first-order valence-electron chi connectivity index (χ1n) is 6.73. The van der Waals surface area contributed by atoms with Crippen LogP contribution >= 0.6 is 0 Å². The highest BCUT2D eigenvalue weighted by Crippen LogP contribution is 2.38. The smallest absolute Gasteiger partial charge is 0.143 e. The molecule has 110 valence electrons. The van der Waals surface area contributed by atoms with Crippen molar-refractivity contribution < 1.29 is 4.74 Å². The fourth-order valence-corrected chi connectivity index (χ4v) is 2.49. The average Bonchev–Trinajstić information content (AvgIpc) is 2.97. The summed E-state index contributed by atoms with van der Waals surface area (Å²) in [7, 11) is 5.48. The van der Waals surface area contributed by atoms with Gasteiger partial charge in [0.25, 0.3) is 0 Å². The number of hydrogen-bond donors (Lipinski definition) is 1. The van der Waals surface area contributed by atoms with Gasteiger partial charge in [-0.05, 0) is 18.2 Å². The molecule has 0 radical (unpaired) electrons. The molecular weight excluding hydrogens is 278 g/mol. The number of fused-ring (bicyclic) bond motifs is 1. The third-order valence-electron chi connectivity index (χ3n) is 3.49. The van der Waals surface area contributed by atoms with E-state index in [0.717, 1.165) is 28.0 Å². The first-order chi connectivity index (χ1) is 10.7. The number of aromatic amines is 1. The van der Waals surface area contributed by atoms with Gasteiger partial charge in [-0.1, -0.05) is 0 Å². The predicted octanol–water partition coefficient (Wildman–Crippen LogP) is 2.57. The van der Waals surface area contributed by atoms with E-state index < -0.39 is 0 Å². The fraction of sp³-hybridized carbons (Fsp3) is 0.188. The van der Waals surface area contributed by atoms with Crippen molar-refractivity contribution in [2.24, 2.45) is 0 Å². The molecule has 6 heteroatoms. The summed E-state index contributed by atoms with van der Waals surface area (Å²) >= 11 is 0. The summed E-state index contributed by atoms with van der Waals surface area (Å²) in [6.07, 6.45) is 3.40. The Balaban J connectivity index is 2.34. The van der Waals surface area contributed by atoms with Crippen LogP contribution in [0.4, 0.5) is 5.82 Å².